The maximum absolute atomic E-state index is 12.9. The number of alkyl halides is 3. The van der Waals surface area contributed by atoms with Crippen molar-refractivity contribution in [1.82, 2.24) is 9.55 Å². The first kappa shape index (κ1) is 14.9. The van der Waals surface area contributed by atoms with E-state index in [9.17, 15) is 27.9 Å². The van der Waals surface area contributed by atoms with Crippen LogP contribution < -0.4 is 11.2 Å². The summed E-state index contributed by atoms with van der Waals surface area (Å²) in [5, 5.41) is 9.78. The lowest BCUT2D eigenvalue weighted by atomic mass is 10.1. The normalized spacial score (nSPS) is 11.6. The molecule has 5 nitrogen and oxygen atoms in total. The monoisotopic (exact) mass is 300 g/mol. The van der Waals surface area contributed by atoms with Gasteiger partial charge in [-0.2, -0.15) is 13.2 Å². The van der Waals surface area contributed by atoms with Crippen LogP contribution in [-0.4, -0.2) is 14.7 Å². The zero-order valence-electron chi connectivity index (χ0n) is 10.9. The van der Waals surface area contributed by atoms with Gasteiger partial charge in [-0.05, 0) is 18.6 Å². The zero-order valence-corrected chi connectivity index (χ0v) is 10.9. The Morgan fingerprint density at radius 3 is 2.48 bits per heavy atom. The summed E-state index contributed by atoms with van der Waals surface area (Å²) in [6.07, 6.45) is -4.58. The van der Waals surface area contributed by atoms with E-state index in [1.165, 1.54) is 25.1 Å². The fraction of sp³-hybridized carbons (Fsp3) is 0.231. The van der Waals surface area contributed by atoms with Crippen molar-refractivity contribution in [2.24, 2.45) is 0 Å². The summed E-state index contributed by atoms with van der Waals surface area (Å²) in [4.78, 5) is 24.9. The third kappa shape index (κ3) is 2.83. The maximum atomic E-state index is 12.9. The first-order valence-corrected chi connectivity index (χ1v) is 5.89. The van der Waals surface area contributed by atoms with Gasteiger partial charge in [0, 0.05) is 0 Å². The number of aromatic hydroxyl groups is 1. The number of halogens is 3. The summed E-state index contributed by atoms with van der Waals surface area (Å²) in [7, 11) is 0. The SMILES string of the molecule is Cc1c(O)n(Cc2ccccc2C(F)(F)F)c(=O)[nH]c1=O. The summed E-state index contributed by atoms with van der Waals surface area (Å²) in [6, 6.07) is 4.71. The van der Waals surface area contributed by atoms with Crippen molar-refractivity contribution in [3.05, 3.63) is 61.8 Å². The van der Waals surface area contributed by atoms with Crippen LogP contribution in [0.15, 0.2) is 33.9 Å². The average molecular weight is 300 g/mol. The molecule has 112 valence electrons. The first-order valence-electron chi connectivity index (χ1n) is 5.89. The minimum absolute atomic E-state index is 0.140. The lowest BCUT2D eigenvalue weighted by molar-refractivity contribution is -0.138. The molecular weight excluding hydrogens is 289 g/mol. The Kier molecular flexibility index (Phi) is 3.63. The molecule has 0 aliphatic carbocycles. The molecule has 0 aliphatic heterocycles. The van der Waals surface area contributed by atoms with Crippen molar-refractivity contribution in [1.29, 1.82) is 0 Å². The second-order valence-electron chi connectivity index (χ2n) is 4.45. The number of hydrogen-bond acceptors (Lipinski definition) is 3. The van der Waals surface area contributed by atoms with E-state index >= 15 is 0 Å². The van der Waals surface area contributed by atoms with Gasteiger partial charge in [0.05, 0.1) is 17.7 Å². The van der Waals surface area contributed by atoms with Crippen molar-refractivity contribution in [3.63, 3.8) is 0 Å². The van der Waals surface area contributed by atoms with Gasteiger partial charge in [-0.1, -0.05) is 18.2 Å². The number of aromatic nitrogens is 2. The predicted molar refractivity (Wildman–Crippen MR) is 68.3 cm³/mol. The molecule has 2 rings (SSSR count). The highest BCUT2D eigenvalue weighted by Crippen LogP contribution is 2.32. The molecule has 21 heavy (non-hydrogen) atoms. The molecule has 0 bridgehead atoms. The van der Waals surface area contributed by atoms with E-state index in [0.29, 0.717) is 4.57 Å². The van der Waals surface area contributed by atoms with Crippen LogP contribution >= 0.6 is 0 Å². The Hall–Kier alpha value is -2.51. The van der Waals surface area contributed by atoms with E-state index in [1.807, 2.05) is 4.98 Å². The molecule has 0 unspecified atom stereocenters. The summed E-state index contributed by atoms with van der Waals surface area (Å²) >= 11 is 0. The van der Waals surface area contributed by atoms with Crippen molar-refractivity contribution >= 4 is 0 Å². The van der Waals surface area contributed by atoms with Gasteiger partial charge in [0.1, 0.15) is 0 Å². The highest BCUT2D eigenvalue weighted by molar-refractivity contribution is 5.31. The highest BCUT2D eigenvalue weighted by atomic mass is 19.4. The van der Waals surface area contributed by atoms with Crippen molar-refractivity contribution in [3.8, 4) is 5.88 Å². The standard InChI is InChI=1S/C13H11F3N2O3/c1-7-10(19)17-12(21)18(11(7)20)6-8-4-2-3-5-9(8)13(14,15)16/h2-5,20H,6H2,1H3,(H,17,19,21). The second kappa shape index (κ2) is 5.12. The fourth-order valence-corrected chi connectivity index (χ4v) is 1.91. The van der Waals surface area contributed by atoms with Gasteiger partial charge in [0.2, 0.25) is 5.88 Å². The third-order valence-corrected chi connectivity index (χ3v) is 3.05. The summed E-state index contributed by atoms with van der Waals surface area (Å²) in [5.41, 5.74) is -2.98. The summed E-state index contributed by atoms with van der Waals surface area (Å²) < 4.78 is 39.3. The number of hydrogen-bond donors (Lipinski definition) is 2. The van der Waals surface area contributed by atoms with E-state index in [0.717, 1.165) is 6.07 Å². The molecule has 0 fully saturated rings. The van der Waals surface area contributed by atoms with Gasteiger partial charge in [0.25, 0.3) is 5.56 Å². The van der Waals surface area contributed by atoms with Gasteiger partial charge in [0.15, 0.2) is 0 Å². The minimum atomic E-state index is -4.58. The smallest absolute Gasteiger partial charge is 0.416 e. The quantitative estimate of drug-likeness (QED) is 0.885. The number of aromatic amines is 1. The summed E-state index contributed by atoms with van der Waals surface area (Å²) in [6.45, 7) is 0.762. The van der Waals surface area contributed by atoms with E-state index in [2.05, 4.69) is 0 Å². The van der Waals surface area contributed by atoms with Crippen LogP contribution in [-0.2, 0) is 12.7 Å². The van der Waals surface area contributed by atoms with Gasteiger partial charge in [-0.25, -0.2) is 4.79 Å². The van der Waals surface area contributed by atoms with Crippen LogP contribution in [0, 0.1) is 6.92 Å². The van der Waals surface area contributed by atoms with Crippen LogP contribution in [0.2, 0.25) is 0 Å². The summed E-state index contributed by atoms with van der Waals surface area (Å²) in [5.74, 6) is -0.652. The zero-order chi connectivity index (χ0) is 15.8. The third-order valence-electron chi connectivity index (χ3n) is 3.05. The number of H-pyrrole nitrogens is 1. The van der Waals surface area contributed by atoms with E-state index < -0.39 is 35.4 Å². The first-order chi connectivity index (χ1) is 9.71. The van der Waals surface area contributed by atoms with Gasteiger partial charge < -0.3 is 5.11 Å². The van der Waals surface area contributed by atoms with E-state index in [1.54, 1.807) is 0 Å². The molecule has 0 amide bonds. The lowest BCUT2D eigenvalue weighted by Gasteiger charge is -2.14. The van der Waals surface area contributed by atoms with Crippen molar-refractivity contribution in [2.45, 2.75) is 19.6 Å². The molecule has 2 aromatic rings. The number of rotatable bonds is 2. The molecule has 0 saturated heterocycles. The second-order valence-corrected chi connectivity index (χ2v) is 4.45. The molecule has 0 saturated carbocycles. The van der Waals surface area contributed by atoms with Crippen LogP contribution in [0.3, 0.4) is 0 Å². The van der Waals surface area contributed by atoms with Crippen LogP contribution in [0.25, 0.3) is 0 Å². The molecule has 2 N–H and O–H groups in total. The van der Waals surface area contributed by atoms with Gasteiger partial charge in [-0.3, -0.25) is 14.3 Å². The minimum Gasteiger partial charge on any atom is -0.494 e. The number of nitrogens with zero attached hydrogens (tertiary/aromatic N) is 1. The van der Waals surface area contributed by atoms with Gasteiger partial charge >= 0.3 is 11.9 Å². The average Bonchev–Trinajstić information content (AvgIpc) is 2.40. The Balaban J connectivity index is 2.58. The number of benzene rings is 1. The number of nitrogens with one attached hydrogen (secondary N) is 1. The van der Waals surface area contributed by atoms with Crippen LogP contribution in [0.1, 0.15) is 16.7 Å². The molecule has 1 aromatic heterocycles. The molecular formula is C13H11F3N2O3. The molecule has 1 aromatic carbocycles. The maximum Gasteiger partial charge on any atom is 0.416 e. The van der Waals surface area contributed by atoms with Crippen molar-refractivity contribution < 1.29 is 18.3 Å². The molecule has 8 heteroatoms. The van der Waals surface area contributed by atoms with Crippen LogP contribution in [0.5, 0.6) is 5.88 Å². The van der Waals surface area contributed by atoms with E-state index in [-0.39, 0.29) is 11.1 Å². The Bertz CT molecular complexity index is 790. The lowest BCUT2D eigenvalue weighted by Crippen LogP contribution is -2.32. The Morgan fingerprint density at radius 1 is 1.24 bits per heavy atom. The highest BCUT2D eigenvalue weighted by Gasteiger charge is 2.33. The largest absolute Gasteiger partial charge is 0.494 e. The molecule has 0 radical (unpaired) electrons. The molecule has 0 spiro atoms. The molecule has 1 heterocycles. The van der Waals surface area contributed by atoms with Crippen LogP contribution in [0.4, 0.5) is 13.2 Å². The molecule has 0 aliphatic rings. The van der Waals surface area contributed by atoms with Crippen molar-refractivity contribution in [2.75, 3.05) is 0 Å². The Labute approximate surface area is 116 Å². The molecule has 0 atom stereocenters. The van der Waals surface area contributed by atoms with Gasteiger partial charge in [-0.15, -0.1) is 0 Å². The Morgan fingerprint density at radius 2 is 1.86 bits per heavy atom. The predicted octanol–water partition coefficient (Wildman–Crippen LogP) is 1.62. The fourth-order valence-electron chi connectivity index (χ4n) is 1.91. The topological polar surface area (TPSA) is 75.1 Å². The van der Waals surface area contributed by atoms with E-state index in [4.69, 9.17) is 0 Å².